The van der Waals surface area contributed by atoms with Crippen LogP contribution in [-0.2, 0) is 4.79 Å². The largest absolute Gasteiger partial charge is 0.334 e. The summed E-state index contributed by atoms with van der Waals surface area (Å²) in [5.74, 6) is 0.0946. The summed E-state index contributed by atoms with van der Waals surface area (Å²) in [6, 6.07) is 5.81. The molecule has 17 heavy (non-hydrogen) atoms. The van der Waals surface area contributed by atoms with E-state index in [1.54, 1.807) is 6.20 Å². The van der Waals surface area contributed by atoms with Gasteiger partial charge in [0.05, 0.1) is 12.2 Å². The maximum Gasteiger partial charge on any atom is 0.235 e. The average molecular weight is 233 g/mol. The van der Waals surface area contributed by atoms with Crippen LogP contribution in [0.25, 0.3) is 0 Å². The van der Waals surface area contributed by atoms with E-state index in [4.69, 9.17) is 0 Å². The summed E-state index contributed by atoms with van der Waals surface area (Å²) in [5, 5.41) is 2.97. The molecule has 1 aliphatic rings. The summed E-state index contributed by atoms with van der Waals surface area (Å²) in [6.07, 6.45) is 5.27. The maximum atomic E-state index is 11.5. The van der Waals surface area contributed by atoms with Crippen molar-refractivity contribution in [2.24, 2.45) is 0 Å². The van der Waals surface area contributed by atoms with E-state index in [2.05, 4.69) is 22.1 Å². The summed E-state index contributed by atoms with van der Waals surface area (Å²) in [6.45, 7) is 3.63. The third kappa shape index (κ3) is 3.03. The van der Waals surface area contributed by atoms with Crippen LogP contribution in [0.1, 0.15) is 38.0 Å². The van der Waals surface area contributed by atoms with Crippen LogP contribution in [0, 0.1) is 0 Å². The van der Waals surface area contributed by atoms with Crippen LogP contribution in [0.4, 0.5) is 0 Å². The van der Waals surface area contributed by atoms with Gasteiger partial charge in [-0.05, 0) is 18.6 Å². The van der Waals surface area contributed by atoms with Gasteiger partial charge in [-0.25, -0.2) is 0 Å². The number of hydrogen-bond donors (Lipinski definition) is 1. The van der Waals surface area contributed by atoms with Crippen molar-refractivity contribution in [2.75, 3.05) is 13.1 Å². The molecule has 1 fully saturated rings. The second kappa shape index (κ2) is 5.77. The molecule has 92 valence electrons. The normalized spacial score (nSPS) is 20.5. The second-order valence-electron chi connectivity index (χ2n) is 4.40. The Morgan fingerprint density at radius 1 is 1.47 bits per heavy atom. The van der Waals surface area contributed by atoms with Gasteiger partial charge in [0.25, 0.3) is 0 Å². The highest BCUT2D eigenvalue weighted by atomic mass is 16.2. The zero-order valence-electron chi connectivity index (χ0n) is 10.2. The number of aromatic nitrogens is 1. The topological polar surface area (TPSA) is 45.2 Å². The zero-order valence-corrected chi connectivity index (χ0v) is 10.2. The predicted molar refractivity (Wildman–Crippen MR) is 66.2 cm³/mol. The minimum Gasteiger partial charge on any atom is -0.334 e. The number of nitrogens with one attached hydrogen (secondary N) is 1. The minimum atomic E-state index is -0.0412. The van der Waals surface area contributed by atoms with Crippen molar-refractivity contribution < 1.29 is 4.79 Å². The van der Waals surface area contributed by atoms with Gasteiger partial charge in [-0.2, -0.15) is 0 Å². The summed E-state index contributed by atoms with van der Waals surface area (Å²) in [4.78, 5) is 18.0. The van der Waals surface area contributed by atoms with E-state index in [1.165, 1.54) is 12.8 Å². The van der Waals surface area contributed by atoms with E-state index >= 15 is 0 Å². The van der Waals surface area contributed by atoms with Crippen molar-refractivity contribution >= 4 is 5.91 Å². The van der Waals surface area contributed by atoms with Crippen LogP contribution >= 0.6 is 0 Å². The van der Waals surface area contributed by atoms with E-state index < -0.39 is 0 Å². The Morgan fingerprint density at radius 3 is 3.06 bits per heavy atom. The number of carbonyl (C=O) groups excluding carboxylic acids is 1. The second-order valence-corrected chi connectivity index (χ2v) is 4.40. The highest BCUT2D eigenvalue weighted by Gasteiger charge is 2.30. The molecule has 0 spiro atoms. The summed E-state index contributed by atoms with van der Waals surface area (Å²) >= 11 is 0. The molecule has 1 amide bonds. The lowest BCUT2D eigenvalue weighted by Gasteiger charge is -2.22. The average Bonchev–Trinajstić information content (AvgIpc) is 2.72. The number of unbranched alkanes of at least 4 members (excludes halogenated alkanes) is 2. The van der Waals surface area contributed by atoms with Gasteiger partial charge in [0.1, 0.15) is 6.17 Å². The van der Waals surface area contributed by atoms with E-state index in [1.807, 2.05) is 18.2 Å². The molecule has 2 heterocycles. The van der Waals surface area contributed by atoms with Crippen LogP contribution in [0.5, 0.6) is 0 Å². The fraction of sp³-hybridized carbons (Fsp3) is 0.538. The van der Waals surface area contributed by atoms with E-state index in [0.29, 0.717) is 6.54 Å². The third-order valence-corrected chi connectivity index (χ3v) is 3.03. The van der Waals surface area contributed by atoms with Gasteiger partial charge in [0.2, 0.25) is 5.91 Å². The van der Waals surface area contributed by atoms with Crippen molar-refractivity contribution in [2.45, 2.75) is 32.4 Å². The molecule has 1 aliphatic heterocycles. The number of hydrogen-bond acceptors (Lipinski definition) is 3. The third-order valence-electron chi connectivity index (χ3n) is 3.03. The molecule has 1 atom stereocenters. The molecule has 0 saturated carbocycles. The van der Waals surface area contributed by atoms with Gasteiger partial charge in [-0.15, -0.1) is 0 Å². The summed E-state index contributed by atoms with van der Waals surface area (Å²) in [7, 11) is 0. The van der Waals surface area contributed by atoms with Gasteiger partial charge in [0.15, 0.2) is 0 Å². The van der Waals surface area contributed by atoms with E-state index in [-0.39, 0.29) is 12.1 Å². The molecular weight excluding hydrogens is 214 g/mol. The summed E-state index contributed by atoms with van der Waals surface area (Å²) < 4.78 is 0. The molecule has 1 saturated heterocycles. The molecule has 1 N–H and O–H groups in total. The number of amides is 1. The van der Waals surface area contributed by atoms with Gasteiger partial charge in [0, 0.05) is 12.7 Å². The van der Waals surface area contributed by atoms with Crippen molar-refractivity contribution in [1.29, 1.82) is 0 Å². The lowest BCUT2D eigenvalue weighted by atomic mass is 10.2. The standard InChI is InChI=1S/C13H19N3O/c1-2-3-6-9-16-10-12(17)15-13(16)11-7-4-5-8-14-11/h4-5,7-8,13H,2-3,6,9-10H2,1H3,(H,15,17)/t13-/m1/s1. The van der Waals surface area contributed by atoms with Crippen LogP contribution in [0.15, 0.2) is 24.4 Å². The molecule has 4 nitrogen and oxygen atoms in total. The molecule has 1 aromatic rings. The number of pyridine rings is 1. The van der Waals surface area contributed by atoms with Gasteiger partial charge in [-0.1, -0.05) is 25.8 Å². The van der Waals surface area contributed by atoms with Gasteiger partial charge >= 0.3 is 0 Å². The predicted octanol–water partition coefficient (Wildman–Crippen LogP) is 1.70. The lowest BCUT2D eigenvalue weighted by Crippen LogP contribution is -2.29. The summed E-state index contributed by atoms with van der Waals surface area (Å²) in [5.41, 5.74) is 0.926. The monoisotopic (exact) mass is 233 g/mol. The molecule has 0 aliphatic carbocycles. The molecule has 4 heteroatoms. The lowest BCUT2D eigenvalue weighted by molar-refractivity contribution is -0.118. The Kier molecular flexibility index (Phi) is 4.09. The van der Waals surface area contributed by atoms with Crippen molar-refractivity contribution in [3.8, 4) is 0 Å². The number of rotatable bonds is 5. The van der Waals surface area contributed by atoms with Crippen LogP contribution in [-0.4, -0.2) is 28.9 Å². The fourth-order valence-corrected chi connectivity index (χ4v) is 2.14. The van der Waals surface area contributed by atoms with Gasteiger partial charge < -0.3 is 5.32 Å². The first-order valence-electron chi connectivity index (χ1n) is 6.25. The maximum absolute atomic E-state index is 11.5. The molecule has 0 radical (unpaired) electrons. The molecule has 0 bridgehead atoms. The van der Waals surface area contributed by atoms with Crippen LogP contribution in [0.3, 0.4) is 0 Å². The van der Waals surface area contributed by atoms with Crippen LogP contribution in [0.2, 0.25) is 0 Å². The highest BCUT2D eigenvalue weighted by molar-refractivity contribution is 5.80. The Morgan fingerprint density at radius 2 is 2.35 bits per heavy atom. The first-order valence-corrected chi connectivity index (χ1v) is 6.25. The Bertz CT molecular complexity index is 366. The number of carbonyl (C=O) groups is 1. The highest BCUT2D eigenvalue weighted by Crippen LogP contribution is 2.20. The molecule has 2 rings (SSSR count). The molecular formula is C13H19N3O. The first-order chi connectivity index (χ1) is 8.31. The zero-order chi connectivity index (χ0) is 12.1. The smallest absolute Gasteiger partial charge is 0.235 e. The van der Waals surface area contributed by atoms with Gasteiger partial charge in [-0.3, -0.25) is 14.7 Å². The van der Waals surface area contributed by atoms with E-state index in [0.717, 1.165) is 18.7 Å². The van der Waals surface area contributed by atoms with Crippen molar-refractivity contribution in [3.63, 3.8) is 0 Å². The first kappa shape index (κ1) is 12.0. The number of nitrogens with zero attached hydrogens (tertiary/aromatic N) is 2. The Hall–Kier alpha value is -1.42. The fourth-order valence-electron chi connectivity index (χ4n) is 2.14. The van der Waals surface area contributed by atoms with Crippen LogP contribution < -0.4 is 5.32 Å². The van der Waals surface area contributed by atoms with Crippen molar-refractivity contribution in [1.82, 2.24) is 15.2 Å². The Balaban J connectivity index is 2.01. The quantitative estimate of drug-likeness (QED) is 0.787. The Labute approximate surface area is 102 Å². The molecule has 1 aromatic heterocycles. The SMILES string of the molecule is CCCCCN1CC(=O)N[C@H]1c1ccccn1. The molecule has 0 aromatic carbocycles. The minimum absolute atomic E-state index is 0.0412. The van der Waals surface area contributed by atoms with E-state index in [9.17, 15) is 4.79 Å². The van der Waals surface area contributed by atoms with Crippen molar-refractivity contribution in [3.05, 3.63) is 30.1 Å². The molecule has 0 unspecified atom stereocenters.